The molecule has 1 heterocycles. The fourth-order valence-electron chi connectivity index (χ4n) is 2.13. The van der Waals surface area contributed by atoms with Crippen LogP contribution in [0.1, 0.15) is 42.1 Å². The smallest absolute Gasteiger partial charge is 0.261 e. The molecule has 2 rings (SSSR count). The number of carbonyl (C=O) groups is 1. The Kier molecular flexibility index (Phi) is 5.32. The van der Waals surface area contributed by atoms with Crippen LogP contribution in [0, 0.1) is 0 Å². The summed E-state index contributed by atoms with van der Waals surface area (Å²) in [6.45, 7) is 2.18. The summed E-state index contributed by atoms with van der Waals surface area (Å²) < 4.78 is 0. The first-order chi connectivity index (χ1) is 10.2. The van der Waals surface area contributed by atoms with Crippen molar-refractivity contribution in [3.63, 3.8) is 0 Å². The maximum Gasteiger partial charge on any atom is 0.261 e. The van der Waals surface area contributed by atoms with Gasteiger partial charge >= 0.3 is 0 Å². The molecular weight excluding hydrogens is 264 g/mol. The van der Waals surface area contributed by atoms with E-state index in [1.54, 1.807) is 0 Å². The van der Waals surface area contributed by atoms with E-state index in [-0.39, 0.29) is 11.0 Å². The summed E-state index contributed by atoms with van der Waals surface area (Å²) in [5.41, 5.74) is 1.79. The molecule has 0 unspecified atom stereocenters. The molecule has 0 aliphatic heterocycles. The SMILES string of the molecule is CCCCCc1ccc(NC(=O)c2c[nH]ccc2=O)cc1. The van der Waals surface area contributed by atoms with Crippen LogP contribution in [0.5, 0.6) is 0 Å². The van der Waals surface area contributed by atoms with Crippen molar-refractivity contribution in [2.24, 2.45) is 0 Å². The van der Waals surface area contributed by atoms with Gasteiger partial charge in [0.2, 0.25) is 0 Å². The first-order valence-corrected chi connectivity index (χ1v) is 7.28. The van der Waals surface area contributed by atoms with E-state index < -0.39 is 5.91 Å². The van der Waals surface area contributed by atoms with Gasteiger partial charge < -0.3 is 10.3 Å². The molecular formula is C17H20N2O2. The van der Waals surface area contributed by atoms with E-state index >= 15 is 0 Å². The molecule has 21 heavy (non-hydrogen) atoms. The Morgan fingerprint density at radius 3 is 2.57 bits per heavy atom. The maximum atomic E-state index is 12.0. The highest BCUT2D eigenvalue weighted by atomic mass is 16.2. The fourth-order valence-corrected chi connectivity index (χ4v) is 2.13. The second-order valence-corrected chi connectivity index (χ2v) is 5.03. The molecule has 0 radical (unpaired) electrons. The highest BCUT2D eigenvalue weighted by Gasteiger charge is 2.09. The summed E-state index contributed by atoms with van der Waals surface area (Å²) in [6.07, 6.45) is 7.60. The fraction of sp³-hybridized carbons (Fsp3) is 0.294. The number of aromatic amines is 1. The van der Waals surface area contributed by atoms with Crippen LogP contribution in [0.2, 0.25) is 0 Å². The molecule has 0 aliphatic carbocycles. The number of amides is 1. The van der Waals surface area contributed by atoms with Crippen molar-refractivity contribution in [1.29, 1.82) is 0 Å². The summed E-state index contributed by atoms with van der Waals surface area (Å²) >= 11 is 0. The monoisotopic (exact) mass is 284 g/mol. The molecule has 4 heteroatoms. The molecule has 1 amide bonds. The molecule has 2 aromatic rings. The second-order valence-electron chi connectivity index (χ2n) is 5.03. The number of carbonyl (C=O) groups excluding carboxylic acids is 1. The lowest BCUT2D eigenvalue weighted by Gasteiger charge is -2.06. The maximum absolute atomic E-state index is 12.0. The average molecular weight is 284 g/mol. The standard InChI is InChI=1S/C17H20N2O2/c1-2-3-4-5-13-6-8-14(9-7-13)19-17(21)15-12-18-11-10-16(15)20/h6-12H,2-5H2,1H3,(H,18,20)(H,19,21). The van der Waals surface area contributed by atoms with E-state index in [0.717, 1.165) is 6.42 Å². The third-order valence-corrected chi connectivity index (χ3v) is 3.35. The molecule has 0 bridgehead atoms. The van der Waals surface area contributed by atoms with Gasteiger partial charge in [-0.15, -0.1) is 0 Å². The summed E-state index contributed by atoms with van der Waals surface area (Å²) in [6, 6.07) is 9.11. The van der Waals surface area contributed by atoms with E-state index in [1.165, 1.54) is 43.3 Å². The molecule has 0 aliphatic rings. The van der Waals surface area contributed by atoms with Gasteiger partial charge in [-0.2, -0.15) is 0 Å². The van der Waals surface area contributed by atoms with E-state index in [0.29, 0.717) is 5.69 Å². The van der Waals surface area contributed by atoms with Crippen molar-refractivity contribution < 1.29 is 4.79 Å². The number of unbranched alkanes of at least 4 members (excludes halogenated alkanes) is 2. The molecule has 0 spiro atoms. The van der Waals surface area contributed by atoms with Crippen LogP contribution in [-0.2, 0) is 6.42 Å². The summed E-state index contributed by atoms with van der Waals surface area (Å²) in [5, 5.41) is 2.73. The molecule has 4 nitrogen and oxygen atoms in total. The molecule has 1 aromatic carbocycles. The average Bonchev–Trinajstić information content (AvgIpc) is 2.49. The zero-order valence-corrected chi connectivity index (χ0v) is 12.2. The lowest BCUT2D eigenvalue weighted by molar-refractivity contribution is 0.102. The topological polar surface area (TPSA) is 62.0 Å². The molecule has 0 saturated heterocycles. The Labute approximate surface area is 124 Å². The lowest BCUT2D eigenvalue weighted by Crippen LogP contribution is -2.20. The summed E-state index contributed by atoms with van der Waals surface area (Å²) in [4.78, 5) is 26.3. The number of benzene rings is 1. The quantitative estimate of drug-likeness (QED) is 0.799. The van der Waals surface area contributed by atoms with Crippen LogP contribution in [-0.4, -0.2) is 10.9 Å². The van der Waals surface area contributed by atoms with Crippen molar-refractivity contribution in [3.05, 3.63) is 64.1 Å². The number of anilines is 1. The van der Waals surface area contributed by atoms with Gasteiger partial charge in [-0.05, 0) is 30.5 Å². The summed E-state index contributed by atoms with van der Waals surface area (Å²) in [7, 11) is 0. The number of pyridine rings is 1. The van der Waals surface area contributed by atoms with Crippen LogP contribution in [0.3, 0.4) is 0 Å². The zero-order chi connectivity index (χ0) is 15.1. The van der Waals surface area contributed by atoms with Gasteiger partial charge in [-0.1, -0.05) is 31.9 Å². The van der Waals surface area contributed by atoms with Crippen LogP contribution >= 0.6 is 0 Å². The minimum Gasteiger partial charge on any atom is -0.367 e. The van der Waals surface area contributed by atoms with Crippen molar-refractivity contribution in [1.82, 2.24) is 4.98 Å². The van der Waals surface area contributed by atoms with Gasteiger partial charge in [0.15, 0.2) is 5.43 Å². The largest absolute Gasteiger partial charge is 0.367 e. The normalized spacial score (nSPS) is 10.3. The minimum absolute atomic E-state index is 0.115. The van der Waals surface area contributed by atoms with Crippen LogP contribution < -0.4 is 10.7 Å². The first kappa shape index (κ1) is 15.0. The van der Waals surface area contributed by atoms with Crippen molar-refractivity contribution in [2.45, 2.75) is 32.6 Å². The number of aromatic nitrogens is 1. The highest BCUT2D eigenvalue weighted by molar-refractivity contribution is 6.03. The predicted octanol–water partition coefficient (Wildman–Crippen LogP) is 3.36. The predicted molar refractivity (Wildman–Crippen MR) is 84.7 cm³/mol. The second kappa shape index (κ2) is 7.43. The van der Waals surface area contributed by atoms with Crippen molar-refractivity contribution >= 4 is 11.6 Å². The Morgan fingerprint density at radius 2 is 1.90 bits per heavy atom. The van der Waals surface area contributed by atoms with Gasteiger partial charge in [0.25, 0.3) is 5.91 Å². The van der Waals surface area contributed by atoms with Crippen LogP contribution in [0.4, 0.5) is 5.69 Å². The molecule has 1 aromatic heterocycles. The van der Waals surface area contributed by atoms with E-state index in [1.807, 2.05) is 24.3 Å². The molecule has 0 atom stereocenters. The van der Waals surface area contributed by atoms with E-state index in [2.05, 4.69) is 17.2 Å². The number of aryl methyl sites for hydroxylation is 1. The molecule has 0 saturated carbocycles. The van der Waals surface area contributed by atoms with Crippen molar-refractivity contribution in [3.8, 4) is 0 Å². The molecule has 110 valence electrons. The Hall–Kier alpha value is -2.36. The number of hydrogen-bond donors (Lipinski definition) is 2. The molecule has 2 N–H and O–H groups in total. The highest BCUT2D eigenvalue weighted by Crippen LogP contribution is 2.13. The minimum atomic E-state index is -0.393. The van der Waals surface area contributed by atoms with Gasteiger partial charge in [0.05, 0.1) is 0 Å². The number of H-pyrrole nitrogens is 1. The Balaban J connectivity index is 1.99. The van der Waals surface area contributed by atoms with Gasteiger partial charge in [0, 0.05) is 24.1 Å². The van der Waals surface area contributed by atoms with E-state index in [4.69, 9.17) is 0 Å². The first-order valence-electron chi connectivity index (χ1n) is 7.28. The zero-order valence-electron chi connectivity index (χ0n) is 12.2. The Morgan fingerprint density at radius 1 is 1.14 bits per heavy atom. The van der Waals surface area contributed by atoms with Crippen LogP contribution in [0.25, 0.3) is 0 Å². The van der Waals surface area contributed by atoms with Crippen LogP contribution in [0.15, 0.2) is 47.5 Å². The Bertz CT molecular complexity index is 644. The van der Waals surface area contributed by atoms with Gasteiger partial charge in [-0.3, -0.25) is 9.59 Å². The number of nitrogens with one attached hydrogen (secondary N) is 2. The summed E-state index contributed by atoms with van der Waals surface area (Å²) in [5.74, 6) is -0.393. The van der Waals surface area contributed by atoms with Gasteiger partial charge in [-0.25, -0.2) is 0 Å². The number of hydrogen-bond acceptors (Lipinski definition) is 2. The third kappa shape index (κ3) is 4.31. The number of rotatable bonds is 6. The lowest BCUT2D eigenvalue weighted by atomic mass is 10.1. The van der Waals surface area contributed by atoms with Crippen molar-refractivity contribution in [2.75, 3.05) is 5.32 Å². The van der Waals surface area contributed by atoms with E-state index in [9.17, 15) is 9.59 Å². The van der Waals surface area contributed by atoms with Gasteiger partial charge in [0.1, 0.15) is 5.56 Å². The third-order valence-electron chi connectivity index (χ3n) is 3.35. The molecule has 0 fully saturated rings.